The number of nitro groups is 1. The van der Waals surface area contributed by atoms with E-state index in [0.29, 0.717) is 12.5 Å². The van der Waals surface area contributed by atoms with Gasteiger partial charge in [-0.15, -0.1) is 0 Å². The summed E-state index contributed by atoms with van der Waals surface area (Å²) < 4.78 is 5.35. The molecule has 110 valence electrons. The molecule has 0 amide bonds. The van der Waals surface area contributed by atoms with Gasteiger partial charge in [0.25, 0.3) is 5.69 Å². The Morgan fingerprint density at radius 2 is 2.20 bits per heavy atom. The number of aromatic nitrogens is 1. The molecule has 0 saturated heterocycles. The van der Waals surface area contributed by atoms with Gasteiger partial charge in [-0.1, -0.05) is 13.8 Å². The molecule has 1 aromatic heterocycles. The quantitative estimate of drug-likeness (QED) is 0.468. The van der Waals surface area contributed by atoms with Crippen LogP contribution in [0.5, 0.6) is 5.88 Å². The molecule has 0 aliphatic carbocycles. The number of pyridine rings is 1. The van der Waals surface area contributed by atoms with Crippen LogP contribution in [0.1, 0.15) is 42.7 Å². The highest BCUT2D eigenvalue weighted by atomic mass is 16.6. The zero-order valence-electron chi connectivity index (χ0n) is 11.8. The Balaban J connectivity index is 2.92. The summed E-state index contributed by atoms with van der Waals surface area (Å²) in [5.74, 6) is -0.826. The van der Waals surface area contributed by atoms with Crippen molar-refractivity contribution in [1.29, 1.82) is 0 Å². The minimum atomic E-state index is -1.29. The van der Waals surface area contributed by atoms with Gasteiger partial charge in [-0.2, -0.15) is 0 Å². The van der Waals surface area contributed by atoms with Crippen LogP contribution in [0.25, 0.3) is 0 Å². The highest BCUT2D eigenvalue weighted by Gasteiger charge is 2.22. The predicted octanol–water partition coefficient (Wildman–Crippen LogP) is 2.81. The molecule has 20 heavy (non-hydrogen) atoms. The molecule has 7 heteroatoms. The van der Waals surface area contributed by atoms with Crippen molar-refractivity contribution in [3.8, 4) is 5.88 Å². The van der Waals surface area contributed by atoms with E-state index in [1.165, 1.54) is 6.92 Å². The van der Waals surface area contributed by atoms with Crippen molar-refractivity contribution in [1.82, 2.24) is 4.98 Å². The van der Waals surface area contributed by atoms with Gasteiger partial charge in [0.05, 0.1) is 11.5 Å². The number of hydrogen-bond donors (Lipinski definition) is 1. The number of aromatic carboxylic acids is 1. The maximum Gasteiger partial charge on any atom is 0.341 e. The van der Waals surface area contributed by atoms with Crippen LogP contribution in [-0.4, -0.2) is 27.6 Å². The summed E-state index contributed by atoms with van der Waals surface area (Å²) in [4.78, 5) is 25.1. The van der Waals surface area contributed by atoms with Gasteiger partial charge in [0.2, 0.25) is 5.88 Å². The molecule has 0 fully saturated rings. The van der Waals surface area contributed by atoms with Gasteiger partial charge < -0.3 is 9.84 Å². The Labute approximate surface area is 116 Å². The van der Waals surface area contributed by atoms with Crippen LogP contribution in [0.2, 0.25) is 0 Å². The lowest BCUT2D eigenvalue weighted by atomic mass is 10.1. The third-order valence-corrected chi connectivity index (χ3v) is 2.74. The van der Waals surface area contributed by atoms with Gasteiger partial charge in [0, 0.05) is 6.07 Å². The van der Waals surface area contributed by atoms with E-state index < -0.39 is 10.9 Å². The SMILES string of the molecule is Cc1nc(OCCCC(C)C)c(C(=O)O)cc1[N+](=O)[O-]. The highest BCUT2D eigenvalue weighted by molar-refractivity contribution is 5.91. The number of rotatable bonds is 7. The van der Waals surface area contributed by atoms with Crippen molar-refractivity contribution in [2.24, 2.45) is 5.92 Å². The summed E-state index contributed by atoms with van der Waals surface area (Å²) in [7, 11) is 0. The summed E-state index contributed by atoms with van der Waals surface area (Å²) >= 11 is 0. The minimum absolute atomic E-state index is 0.0654. The summed E-state index contributed by atoms with van der Waals surface area (Å²) in [6.07, 6.45) is 1.73. The maximum atomic E-state index is 11.1. The van der Waals surface area contributed by atoms with Gasteiger partial charge >= 0.3 is 5.97 Å². The van der Waals surface area contributed by atoms with Gasteiger partial charge in [0.15, 0.2) is 0 Å². The number of ether oxygens (including phenoxy) is 1. The second-order valence-corrected chi connectivity index (χ2v) is 4.89. The van der Waals surface area contributed by atoms with Crippen LogP contribution in [0.4, 0.5) is 5.69 Å². The number of carboxylic acid groups (broad SMARTS) is 1. The van der Waals surface area contributed by atoms with Crippen LogP contribution < -0.4 is 4.74 Å². The molecule has 0 aliphatic rings. The zero-order valence-corrected chi connectivity index (χ0v) is 11.8. The monoisotopic (exact) mass is 282 g/mol. The van der Waals surface area contributed by atoms with E-state index in [0.717, 1.165) is 18.9 Å². The van der Waals surface area contributed by atoms with Crippen LogP contribution in [-0.2, 0) is 0 Å². The molecule has 0 saturated carbocycles. The number of carboxylic acids is 1. The van der Waals surface area contributed by atoms with Gasteiger partial charge in [0.1, 0.15) is 11.3 Å². The first kappa shape index (κ1) is 15.9. The fourth-order valence-corrected chi connectivity index (χ4v) is 1.68. The average Bonchev–Trinajstić information content (AvgIpc) is 2.33. The van der Waals surface area contributed by atoms with E-state index in [1.807, 2.05) is 0 Å². The molecule has 0 atom stereocenters. The van der Waals surface area contributed by atoms with Crippen molar-refractivity contribution in [3.63, 3.8) is 0 Å². The second-order valence-electron chi connectivity index (χ2n) is 4.89. The van der Waals surface area contributed by atoms with Gasteiger partial charge in [-0.05, 0) is 25.7 Å². The van der Waals surface area contributed by atoms with E-state index in [9.17, 15) is 14.9 Å². The maximum absolute atomic E-state index is 11.1. The van der Waals surface area contributed by atoms with E-state index in [-0.39, 0.29) is 22.8 Å². The topological polar surface area (TPSA) is 103 Å². The molecule has 0 spiro atoms. The molecule has 0 aliphatic heterocycles. The van der Waals surface area contributed by atoms with E-state index >= 15 is 0 Å². The van der Waals surface area contributed by atoms with E-state index in [2.05, 4.69) is 18.8 Å². The standard InChI is InChI=1S/C13H18N2O5/c1-8(2)5-4-6-20-12-10(13(16)17)7-11(15(18)19)9(3)14-12/h7-8H,4-6H2,1-3H3,(H,16,17). The summed E-state index contributed by atoms with van der Waals surface area (Å²) in [5.41, 5.74) is -0.470. The Kier molecular flexibility index (Phi) is 5.42. The third-order valence-electron chi connectivity index (χ3n) is 2.74. The molecule has 1 heterocycles. The van der Waals surface area contributed by atoms with E-state index in [1.54, 1.807) is 0 Å². The molecule has 1 rings (SSSR count). The fourth-order valence-electron chi connectivity index (χ4n) is 1.68. The predicted molar refractivity (Wildman–Crippen MR) is 72.2 cm³/mol. The molecule has 1 aromatic rings. The summed E-state index contributed by atoms with van der Waals surface area (Å²) in [6.45, 7) is 5.95. The molecular weight excluding hydrogens is 264 g/mol. The number of nitrogens with zero attached hydrogens (tertiary/aromatic N) is 2. The van der Waals surface area contributed by atoms with Crippen molar-refractivity contribution in [2.75, 3.05) is 6.61 Å². The lowest BCUT2D eigenvalue weighted by Crippen LogP contribution is -2.09. The first-order chi connectivity index (χ1) is 9.32. The van der Waals surface area contributed by atoms with Crippen molar-refractivity contribution < 1.29 is 19.6 Å². The zero-order chi connectivity index (χ0) is 15.3. The average molecular weight is 282 g/mol. The lowest BCUT2D eigenvalue weighted by Gasteiger charge is -2.10. The van der Waals surface area contributed by atoms with E-state index in [4.69, 9.17) is 9.84 Å². The normalized spacial score (nSPS) is 10.6. The second kappa shape index (κ2) is 6.83. The molecule has 0 unspecified atom stereocenters. The number of hydrogen-bond acceptors (Lipinski definition) is 5. The first-order valence-electron chi connectivity index (χ1n) is 6.35. The smallest absolute Gasteiger partial charge is 0.341 e. The van der Waals surface area contributed by atoms with Crippen molar-refractivity contribution >= 4 is 11.7 Å². The van der Waals surface area contributed by atoms with Crippen molar-refractivity contribution in [2.45, 2.75) is 33.6 Å². The molecule has 0 aromatic carbocycles. The minimum Gasteiger partial charge on any atom is -0.477 e. The van der Waals surface area contributed by atoms with Gasteiger partial charge in [-0.25, -0.2) is 9.78 Å². The molecular formula is C13H18N2O5. The summed E-state index contributed by atoms with van der Waals surface area (Å²) in [5, 5.41) is 19.8. The highest BCUT2D eigenvalue weighted by Crippen LogP contribution is 2.25. The lowest BCUT2D eigenvalue weighted by molar-refractivity contribution is -0.385. The molecule has 0 bridgehead atoms. The Hall–Kier alpha value is -2.18. The van der Waals surface area contributed by atoms with Crippen LogP contribution >= 0.6 is 0 Å². The van der Waals surface area contributed by atoms with Gasteiger partial charge in [-0.3, -0.25) is 10.1 Å². The van der Waals surface area contributed by atoms with Crippen molar-refractivity contribution in [3.05, 3.63) is 27.4 Å². The van der Waals surface area contributed by atoms with Crippen LogP contribution in [0.3, 0.4) is 0 Å². The Morgan fingerprint density at radius 1 is 1.55 bits per heavy atom. The molecule has 0 radical (unpaired) electrons. The Morgan fingerprint density at radius 3 is 2.70 bits per heavy atom. The number of aryl methyl sites for hydroxylation is 1. The summed E-state index contributed by atoms with van der Waals surface area (Å²) in [6, 6.07) is 0.989. The third kappa shape index (κ3) is 4.18. The first-order valence-corrected chi connectivity index (χ1v) is 6.35. The number of carbonyl (C=O) groups is 1. The molecule has 1 N–H and O–H groups in total. The largest absolute Gasteiger partial charge is 0.477 e. The van der Waals surface area contributed by atoms with Crippen LogP contribution in [0, 0.1) is 23.0 Å². The Bertz CT molecular complexity index is 514. The van der Waals surface area contributed by atoms with Crippen LogP contribution in [0.15, 0.2) is 6.07 Å². The fraction of sp³-hybridized carbons (Fsp3) is 0.538. The molecule has 7 nitrogen and oxygen atoms in total.